The van der Waals surface area contributed by atoms with Crippen LogP contribution in [-0.2, 0) is 26.0 Å². The lowest BCUT2D eigenvalue weighted by molar-refractivity contribution is -0.133. The number of carbonyl (C=O) groups excluding carboxylic acids is 2. The van der Waals surface area contributed by atoms with Crippen LogP contribution in [0.4, 0.5) is 5.69 Å². The second-order valence-corrected chi connectivity index (χ2v) is 10.3. The lowest BCUT2D eigenvalue weighted by atomic mass is 10.1. The maximum Gasteiger partial charge on any atom is 0.243 e. The van der Waals surface area contributed by atoms with Crippen LogP contribution in [0.3, 0.4) is 0 Å². The van der Waals surface area contributed by atoms with Crippen LogP contribution in [-0.4, -0.2) is 87.8 Å². The maximum atomic E-state index is 12.8. The molecule has 1 fully saturated rings. The van der Waals surface area contributed by atoms with E-state index in [2.05, 4.69) is 22.3 Å². The number of nitrogens with zero attached hydrogens (tertiary/aromatic N) is 3. The summed E-state index contributed by atoms with van der Waals surface area (Å²) in [6.45, 7) is 4.71. The first kappa shape index (κ1) is 25.7. The van der Waals surface area contributed by atoms with Crippen LogP contribution in [0.25, 0.3) is 0 Å². The SMILES string of the molecule is COc1ccc(CCN2CCN(C(=O)CN(C)S(=O)(=O)c3ccc(NC(C)=O)cc3)CC2)cc1. The highest BCUT2D eigenvalue weighted by atomic mass is 32.2. The molecule has 1 N–H and O–H groups in total. The van der Waals surface area contributed by atoms with Crippen molar-refractivity contribution in [1.82, 2.24) is 14.1 Å². The van der Waals surface area contributed by atoms with Crippen molar-refractivity contribution in [3.8, 4) is 5.75 Å². The first-order valence-corrected chi connectivity index (χ1v) is 12.6. The van der Waals surface area contributed by atoms with Crippen molar-refractivity contribution >= 4 is 27.5 Å². The molecule has 9 nitrogen and oxygen atoms in total. The number of ether oxygens (including phenoxy) is 1. The van der Waals surface area contributed by atoms with Crippen molar-refractivity contribution in [2.45, 2.75) is 18.2 Å². The van der Waals surface area contributed by atoms with Crippen LogP contribution in [0.5, 0.6) is 5.75 Å². The number of hydrogen-bond acceptors (Lipinski definition) is 6. The number of carbonyl (C=O) groups is 2. The highest BCUT2D eigenvalue weighted by Crippen LogP contribution is 2.18. The van der Waals surface area contributed by atoms with E-state index in [1.807, 2.05) is 12.1 Å². The minimum atomic E-state index is -3.82. The van der Waals surface area contributed by atoms with E-state index in [0.717, 1.165) is 36.1 Å². The van der Waals surface area contributed by atoms with Gasteiger partial charge in [-0.2, -0.15) is 4.31 Å². The van der Waals surface area contributed by atoms with Crippen LogP contribution < -0.4 is 10.1 Å². The normalized spacial score (nSPS) is 14.8. The minimum Gasteiger partial charge on any atom is -0.497 e. The molecular weight excluding hydrogens is 456 g/mol. The number of rotatable bonds is 9. The summed E-state index contributed by atoms with van der Waals surface area (Å²) >= 11 is 0. The molecule has 0 aromatic heterocycles. The first-order chi connectivity index (χ1) is 16.2. The molecule has 0 atom stereocenters. The van der Waals surface area contributed by atoms with E-state index in [-0.39, 0.29) is 23.3 Å². The van der Waals surface area contributed by atoms with E-state index >= 15 is 0 Å². The lowest BCUT2D eigenvalue weighted by Crippen LogP contribution is -2.51. The summed E-state index contributed by atoms with van der Waals surface area (Å²) in [5, 5.41) is 2.60. The van der Waals surface area contributed by atoms with E-state index in [1.165, 1.54) is 43.8 Å². The second kappa shape index (κ2) is 11.5. The van der Waals surface area contributed by atoms with Crippen LogP contribution >= 0.6 is 0 Å². The van der Waals surface area contributed by atoms with Gasteiger partial charge in [0.2, 0.25) is 21.8 Å². The van der Waals surface area contributed by atoms with Gasteiger partial charge in [-0.25, -0.2) is 8.42 Å². The number of methoxy groups -OCH3 is 1. The Labute approximate surface area is 201 Å². The molecule has 1 aliphatic rings. The highest BCUT2D eigenvalue weighted by Gasteiger charge is 2.27. The molecule has 184 valence electrons. The summed E-state index contributed by atoms with van der Waals surface area (Å²) in [5.41, 5.74) is 1.74. The number of piperazine rings is 1. The van der Waals surface area contributed by atoms with Gasteiger partial charge in [-0.15, -0.1) is 0 Å². The van der Waals surface area contributed by atoms with E-state index in [9.17, 15) is 18.0 Å². The fourth-order valence-corrected chi connectivity index (χ4v) is 4.89. The zero-order chi connectivity index (χ0) is 24.7. The number of anilines is 1. The molecule has 0 radical (unpaired) electrons. The minimum absolute atomic E-state index is 0.0697. The molecule has 0 bridgehead atoms. The molecule has 0 saturated carbocycles. The number of amides is 2. The molecule has 0 spiro atoms. The molecule has 1 heterocycles. The first-order valence-electron chi connectivity index (χ1n) is 11.2. The molecule has 1 aliphatic heterocycles. The van der Waals surface area contributed by atoms with E-state index in [1.54, 1.807) is 12.0 Å². The van der Waals surface area contributed by atoms with Gasteiger partial charge >= 0.3 is 0 Å². The van der Waals surface area contributed by atoms with Gasteiger partial charge < -0.3 is 15.0 Å². The monoisotopic (exact) mass is 488 g/mol. The summed E-state index contributed by atoms with van der Waals surface area (Å²) in [4.78, 5) is 28.0. The third-order valence-corrected chi connectivity index (χ3v) is 7.66. The third-order valence-electron chi connectivity index (χ3n) is 5.84. The van der Waals surface area contributed by atoms with Gasteiger partial charge in [0.15, 0.2) is 0 Å². The molecule has 0 unspecified atom stereocenters. The fourth-order valence-electron chi connectivity index (χ4n) is 3.77. The number of nitrogens with one attached hydrogen (secondary N) is 1. The van der Waals surface area contributed by atoms with Gasteiger partial charge in [0.25, 0.3) is 0 Å². The van der Waals surface area contributed by atoms with Crippen molar-refractivity contribution in [2.24, 2.45) is 0 Å². The lowest BCUT2D eigenvalue weighted by Gasteiger charge is -2.35. The summed E-state index contributed by atoms with van der Waals surface area (Å²) in [5.74, 6) is 0.389. The highest BCUT2D eigenvalue weighted by molar-refractivity contribution is 7.89. The topological polar surface area (TPSA) is 99.3 Å². The Morgan fingerprint density at radius 3 is 2.18 bits per heavy atom. The number of hydrogen-bond donors (Lipinski definition) is 1. The Kier molecular flexibility index (Phi) is 8.65. The summed E-state index contributed by atoms with van der Waals surface area (Å²) in [7, 11) is -0.768. The molecule has 2 aromatic rings. The summed E-state index contributed by atoms with van der Waals surface area (Å²) < 4.78 is 31.9. The van der Waals surface area contributed by atoms with Crippen LogP contribution in [0.15, 0.2) is 53.4 Å². The molecular formula is C24H32N4O5S. The molecule has 34 heavy (non-hydrogen) atoms. The van der Waals surface area contributed by atoms with Gasteiger partial charge in [0.05, 0.1) is 18.6 Å². The van der Waals surface area contributed by atoms with Gasteiger partial charge in [0.1, 0.15) is 5.75 Å². The molecule has 1 saturated heterocycles. The summed E-state index contributed by atoms with van der Waals surface area (Å²) in [6, 6.07) is 13.9. The molecule has 3 rings (SSSR count). The average molecular weight is 489 g/mol. The Bertz CT molecular complexity index is 1080. The van der Waals surface area contributed by atoms with Crippen molar-refractivity contribution in [2.75, 3.05) is 58.7 Å². The standard InChI is InChI=1S/C24H32N4O5S/c1-19(29)25-21-6-10-23(11-7-21)34(31,32)26(2)18-24(30)28-16-14-27(15-17-28)13-12-20-4-8-22(33-3)9-5-20/h4-11H,12-18H2,1-3H3,(H,25,29). The van der Waals surface area contributed by atoms with Crippen LogP contribution in [0, 0.1) is 0 Å². The summed E-state index contributed by atoms with van der Waals surface area (Å²) in [6.07, 6.45) is 0.916. The Morgan fingerprint density at radius 2 is 1.62 bits per heavy atom. The number of benzene rings is 2. The Hall–Kier alpha value is -2.95. The van der Waals surface area contributed by atoms with Crippen LogP contribution in [0.1, 0.15) is 12.5 Å². The van der Waals surface area contributed by atoms with E-state index in [4.69, 9.17) is 4.74 Å². The van der Waals surface area contributed by atoms with Crippen LogP contribution in [0.2, 0.25) is 0 Å². The van der Waals surface area contributed by atoms with Crippen molar-refractivity contribution in [1.29, 1.82) is 0 Å². The third kappa shape index (κ3) is 6.78. The van der Waals surface area contributed by atoms with Crippen molar-refractivity contribution in [3.63, 3.8) is 0 Å². The van der Waals surface area contributed by atoms with E-state index < -0.39 is 10.0 Å². The zero-order valence-corrected chi connectivity index (χ0v) is 20.7. The van der Waals surface area contributed by atoms with Crippen molar-refractivity contribution in [3.05, 3.63) is 54.1 Å². The fraction of sp³-hybridized carbons (Fsp3) is 0.417. The largest absolute Gasteiger partial charge is 0.497 e. The molecule has 2 aromatic carbocycles. The van der Waals surface area contributed by atoms with Crippen molar-refractivity contribution < 1.29 is 22.7 Å². The predicted molar refractivity (Wildman–Crippen MR) is 130 cm³/mol. The van der Waals surface area contributed by atoms with Gasteiger partial charge in [-0.3, -0.25) is 14.5 Å². The second-order valence-electron chi connectivity index (χ2n) is 8.29. The zero-order valence-electron chi connectivity index (χ0n) is 19.9. The maximum absolute atomic E-state index is 12.8. The van der Waals surface area contributed by atoms with Gasteiger partial charge in [0, 0.05) is 52.4 Å². The quantitative estimate of drug-likeness (QED) is 0.576. The Morgan fingerprint density at radius 1 is 1.00 bits per heavy atom. The predicted octanol–water partition coefficient (Wildman–Crippen LogP) is 1.66. The smallest absolute Gasteiger partial charge is 0.243 e. The number of likely N-dealkylation sites (N-methyl/N-ethyl adjacent to an activating group) is 1. The molecule has 0 aliphatic carbocycles. The molecule has 10 heteroatoms. The molecule has 2 amide bonds. The van der Waals surface area contributed by atoms with Gasteiger partial charge in [-0.05, 0) is 48.4 Å². The van der Waals surface area contributed by atoms with Gasteiger partial charge in [-0.1, -0.05) is 12.1 Å². The van der Waals surface area contributed by atoms with E-state index in [0.29, 0.717) is 18.8 Å². The Balaban J connectivity index is 1.47. The average Bonchev–Trinajstić information content (AvgIpc) is 2.83. The number of sulfonamides is 1.